The van der Waals surface area contributed by atoms with E-state index in [1.54, 1.807) is 19.5 Å². The molecule has 2 unspecified atom stereocenters. The number of likely N-dealkylation sites (N-methyl/N-ethyl adjacent to an activating group) is 1. The molecule has 17 heteroatoms. The average Bonchev–Trinajstić information content (AvgIpc) is 3.43. The van der Waals surface area contributed by atoms with Crippen molar-refractivity contribution in [3.63, 3.8) is 0 Å². The minimum Gasteiger partial charge on any atom is -0.549 e. The Kier molecular flexibility index (Phi) is 9.68. The predicted molar refractivity (Wildman–Crippen MR) is 131 cm³/mol. The van der Waals surface area contributed by atoms with Crippen LogP contribution in [0.1, 0.15) is 10.7 Å². The number of amides is 3. The van der Waals surface area contributed by atoms with Crippen LogP contribution in [0.4, 0.5) is 5.13 Å². The van der Waals surface area contributed by atoms with Crippen LogP contribution in [0.15, 0.2) is 9.72 Å². The first-order valence-corrected chi connectivity index (χ1v) is 14.1. The number of aromatic nitrogens is 3. The Morgan fingerprint density at radius 1 is 1.33 bits per heavy atom. The van der Waals surface area contributed by atoms with Crippen LogP contribution in [0.3, 0.4) is 0 Å². The van der Waals surface area contributed by atoms with E-state index in [1.165, 1.54) is 56.0 Å². The second-order valence-corrected chi connectivity index (χ2v) is 12.6. The van der Waals surface area contributed by atoms with Gasteiger partial charge < -0.3 is 30.8 Å². The number of thioether (sulfide) groups is 2. The summed E-state index contributed by atoms with van der Waals surface area (Å²) in [7, 11) is 3.31. The van der Waals surface area contributed by atoms with E-state index in [2.05, 4.69) is 20.5 Å². The van der Waals surface area contributed by atoms with Gasteiger partial charge in [-0.25, -0.2) is 4.98 Å². The third-order valence-corrected chi connectivity index (χ3v) is 10.2. The molecule has 12 nitrogen and oxygen atoms in total. The second-order valence-electron chi connectivity index (χ2n) is 8.35. The van der Waals surface area contributed by atoms with E-state index < -0.39 is 17.4 Å². The van der Waals surface area contributed by atoms with E-state index >= 15 is 0 Å². The maximum atomic E-state index is 12.7. The number of nitrogen functional groups attached to an aromatic ring is 1. The van der Waals surface area contributed by atoms with Gasteiger partial charge in [0.05, 0.1) is 24.5 Å². The molecule has 0 saturated carbocycles. The number of hydrogen-bond acceptors (Lipinski definition) is 13. The van der Waals surface area contributed by atoms with Gasteiger partial charge in [-0.15, -0.1) is 33.3 Å². The van der Waals surface area contributed by atoms with Gasteiger partial charge in [-0.3, -0.25) is 14.4 Å². The molecule has 2 aromatic heterocycles. The largest absolute Gasteiger partial charge is 1.00 e. The number of nitrogens with zero attached hydrogens (tertiary/aromatic N) is 5. The number of thiazole rings is 1. The summed E-state index contributed by atoms with van der Waals surface area (Å²) < 4.78 is 0.544. The van der Waals surface area contributed by atoms with Crippen molar-refractivity contribution in [3.8, 4) is 0 Å². The van der Waals surface area contributed by atoms with Crippen molar-refractivity contribution >= 4 is 75.0 Å². The van der Waals surface area contributed by atoms with Crippen molar-refractivity contribution in [1.82, 2.24) is 30.3 Å². The van der Waals surface area contributed by atoms with Crippen molar-refractivity contribution in [2.75, 3.05) is 37.9 Å². The Morgan fingerprint density at radius 3 is 2.72 bits per heavy atom. The number of fused-ring (bicyclic) bond motifs is 1. The molecule has 0 aliphatic carbocycles. The van der Waals surface area contributed by atoms with Gasteiger partial charge in [0, 0.05) is 42.9 Å². The Bertz CT molecular complexity index is 1160. The molecule has 3 atom stereocenters. The van der Waals surface area contributed by atoms with E-state index in [1.807, 2.05) is 0 Å². The van der Waals surface area contributed by atoms with Crippen molar-refractivity contribution in [1.29, 1.82) is 0 Å². The van der Waals surface area contributed by atoms with Gasteiger partial charge in [0.1, 0.15) is 16.4 Å². The van der Waals surface area contributed by atoms with Crippen LogP contribution in [0.2, 0.25) is 0 Å². The molecule has 0 aromatic carbocycles. The molecule has 3 amide bonds. The standard InChI is InChI=1S/C19H23N7O5S4.Na/c1-25(2)12(28)4-11-23-24-18(35-11)34-8-19(16(30)31)6-26-14(29)13(15(26)33-7-19)22-10(27)3-9-5-32-17(20)21-9;/h5,13,15H,3-4,6-8H2,1-2H3,(H2,20,21)(H,22,27)(H,30,31);/q;+1/p-1/t13?,15-,19?;/m1./s1. The predicted octanol–water partition coefficient (Wildman–Crippen LogP) is -4.32. The summed E-state index contributed by atoms with van der Waals surface area (Å²) in [6, 6.07) is -0.712. The Labute approximate surface area is 245 Å². The monoisotopic (exact) mass is 579 g/mol. The Balaban J connectivity index is 0.00000361. The fraction of sp³-hybridized carbons (Fsp3) is 0.526. The van der Waals surface area contributed by atoms with Crippen LogP contribution in [0.5, 0.6) is 0 Å². The number of nitrogens with two attached hydrogens (primary N) is 1. The summed E-state index contributed by atoms with van der Waals surface area (Å²) in [4.78, 5) is 56.0. The molecule has 2 aliphatic heterocycles. The van der Waals surface area contributed by atoms with Gasteiger partial charge >= 0.3 is 29.6 Å². The Hall–Kier alpha value is -1.43. The van der Waals surface area contributed by atoms with Crippen molar-refractivity contribution in [2.24, 2.45) is 5.41 Å². The molecular weight excluding hydrogens is 558 g/mol. The summed E-state index contributed by atoms with van der Waals surface area (Å²) >= 11 is 4.99. The first-order valence-electron chi connectivity index (χ1n) is 10.4. The second kappa shape index (κ2) is 12.0. The number of carboxylic acid groups (broad SMARTS) is 1. The zero-order valence-corrected chi connectivity index (χ0v) is 25.0. The molecule has 36 heavy (non-hydrogen) atoms. The SMILES string of the molecule is CN(C)C(=O)Cc1nnc(SCC2(C(=O)[O-])CS[C@@H]3C(NC(=O)Cc4csc(N)n4)C(=O)N3C2)s1.[Na+]. The topological polar surface area (TPSA) is 175 Å². The van der Waals surface area contributed by atoms with E-state index in [0.29, 0.717) is 20.2 Å². The number of hydrogen-bond donors (Lipinski definition) is 2. The third-order valence-electron chi connectivity index (χ3n) is 5.53. The van der Waals surface area contributed by atoms with Gasteiger partial charge in [-0.2, -0.15) is 0 Å². The fourth-order valence-corrected chi connectivity index (χ4v) is 7.84. The third kappa shape index (κ3) is 6.34. The van der Waals surface area contributed by atoms with Crippen LogP contribution in [0, 0.1) is 5.41 Å². The van der Waals surface area contributed by atoms with Crippen LogP contribution in [-0.2, 0) is 32.0 Å². The van der Waals surface area contributed by atoms with E-state index in [-0.39, 0.29) is 83.5 Å². The molecule has 3 N–H and O–H groups in total. The zero-order chi connectivity index (χ0) is 25.3. The average molecular weight is 580 g/mol. The smallest absolute Gasteiger partial charge is 0.549 e. The quantitative estimate of drug-likeness (QED) is 0.167. The number of rotatable bonds is 9. The maximum absolute atomic E-state index is 12.7. The van der Waals surface area contributed by atoms with Gasteiger partial charge in [0.25, 0.3) is 0 Å². The number of β-lactam (4-membered cyclic amide) rings is 1. The number of carbonyl (C=O) groups excluding carboxylic acids is 4. The summed E-state index contributed by atoms with van der Waals surface area (Å²) in [5.41, 5.74) is 4.83. The van der Waals surface area contributed by atoms with E-state index in [0.717, 1.165) is 0 Å². The van der Waals surface area contributed by atoms with E-state index in [4.69, 9.17) is 5.73 Å². The first kappa shape index (κ1) is 29.1. The molecule has 0 spiro atoms. The fourth-order valence-electron chi connectivity index (χ4n) is 3.55. The Morgan fingerprint density at radius 2 is 2.08 bits per heavy atom. The molecule has 4 heterocycles. The number of anilines is 1. The van der Waals surface area contributed by atoms with Crippen LogP contribution < -0.4 is 45.7 Å². The number of aliphatic carboxylic acids is 1. The molecule has 2 aliphatic rings. The number of carboxylic acids is 1. The summed E-state index contributed by atoms with van der Waals surface area (Å²) in [6.07, 6.45) is 0.137. The van der Waals surface area contributed by atoms with E-state index in [9.17, 15) is 24.3 Å². The molecule has 2 saturated heterocycles. The molecule has 188 valence electrons. The minimum atomic E-state index is -1.28. The van der Waals surface area contributed by atoms with Crippen molar-refractivity contribution in [3.05, 3.63) is 16.1 Å². The number of carbonyl (C=O) groups is 4. The summed E-state index contributed by atoms with van der Waals surface area (Å²) in [6.45, 7) is -0.0153. The zero-order valence-electron chi connectivity index (χ0n) is 19.8. The normalized spacial score (nSPS) is 22.7. The van der Waals surface area contributed by atoms with Gasteiger partial charge in [0.2, 0.25) is 17.7 Å². The molecule has 0 bridgehead atoms. The van der Waals surface area contributed by atoms with Crippen molar-refractivity contribution in [2.45, 2.75) is 28.6 Å². The number of nitrogens with one attached hydrogen (secondary N) is 1. The van der Waals surface area contributed by atoms with Gasteiger partial charge in [-0.05, 0) is 0 Å². The molecule has 4 rings (SSSR count). The maximum Gasteiger partial charge on any atom is 1.00 e. The summed E-state index contributed by atoms with van der Waals surface area (Å²) in [5.74, 6) is -1.67. The van der Waals surface area contributed by atoms with Crippen LogP contribution >= 0.6 is 46.2 Å². The summed E-state index contributed by atoms with van der Waals surface area (Å²) in [5, 5.41) is 25.2. The van der Waals surface area contributed by atoms with Crippen LogP contribution in [-0.4, -0.2) is 92.2 Å². The molecule has 0 radical (unpaired) electrons. The molecule has 2 fully saturated rings. The molecular formula is C19H22N7NaO5S4. The van der Waals surface area contributed by atoms with Crippen molar-refractivity contribution < 1.29 is 53.8 Å². The van der Waals surface area contributed by atoms with Crippen LogP contribution in [0.25, 0.3) is 0 Å². The van der Waals surface area contributed by atoms with Gasteiger partial charge in [-0.1, -0.05) is 23.1 Å². The molecule has 2 aromatic rings. The minimum absolute atomic E-state index is 0. The first-order chi connectivity index (χ1) is 16.6. The van der Waals surface area contributed by atoms with Gasteiger partial charge in [0.15, 0.2) is 9.47 Å².